The summed E-state index contributed by atoms with van der Waals surface area (Å²) in [6.07, 6.45) is 6.61. The summed E-state index contributed by atoms with van der Waals surface area (Å²) in [5.74, 6) is -0.325. The van der Waals surface area contributed by atoms with Gasteiger partial charge in [0.05, 0.1) is 10.4 Å². The maximum Gasteiger partial charge on any atom is 0.297 e. The number of piperidine rings is 1. The van der Waals surface area contributed by atoms with Gasteiger partial charge in [-0.2, -0.15) is 8.78 Å². The Morgan fingerprint density at radius 2 is 2.30 bits per heavy atom. The van der Waals surface area contributed by atoms with E-state index in [2.05, 4.69) is 11.2 Å². The third-order valence-electron chi connectivity index (χ3n) is 3.90. The average molecular weight is 318 g/mol. The molecular formula is C14H14ClF2NOS. The van der Waals surface area contributed by atoms with E-state index in [4.69, 9.17) is 22.8 Å². The number of alkyl halides is 2. The summed E-state index contributed by atoms with van der Waals surface area (Å²) in [6, 6.07) is 1.29. The molecule has 0 aliphatic carbocycles. The first-order valence-electron chi connectivity index (χ1n) is 6.40. The summed E-state index contributed by atoms with van der Waals surface area (Å²) >= 11 is 7.14. The predicted molar refractivity (Wildman–Crippen MR) is 75.3 cm³/mol. The van der Waals surface area contributed by atoms with Gasteiger partial charge in [-0.3, -0.25) is 0 Å². The zero-order valence-corrected chi connectivity index (χ0v) is 12.5. The minimum atomic E-state index is -2.98. The molecule has 1 N–H and O–H groups in total. The van der Waals surface area contributed by atoms with Crippen molar-refractivity contribution in [2.45, 2.75) is 43.4 Å². The van der Waals surface area contributed by atoms with Crippen LogP contribution in [0.25, 0.3) is 0 Å². The molecule has 1 aromatic rings. The van der Waals surface area contributed by atoms with Crippen LogP contribution in [-0.4, -0.2) is 18.7 Å². The molecule has 3 rings (SSSR count). The van der Waals surface area contributed by atoms with Gasteiger partial charge in [-0.05, 0) is 19.4 Å². The fourth-order valence-electron chi connectivity index (χ4n) is 3.12. The van der Waals surface area contributed by atoms with Gasteiger partial charge < -0.3 is 10.1 Å². The molecule has 20 heavy (non-hydrogen) atoms. The third-order valence-corrected chi connectivity index (χ3v) is 5.35. The Bertz CT molecular complexity index is 582. The molecule has 0 radical (unpaired) electrons. The maximum atomic E-state index is 14.0. The number of thiophene rings is 1. The van der Waals surface area contributed by atoms with Crippen molar-refractivity contribution in [3.8, 4) is 12.3 Å². The fraction of sp³-hybridized carbons (Fsp3) is 0.571. The van der Waals surface area contributed by atoms with Gasteiger partial charge in [0.2, 0.25) is 0 Å². The lowest BCUT2D eigenvalue weighted by Gasteiger charge is -2.46. The van der Waals surface area contributed by atoms with Gasteiger partial charge in [-0.15, -0.1) is 17.8 Å². The zero-order valence-electron chi connectivity index (χ0n) is 10.9. The van der Waals surface area contributed by atoms with E-state index in [1.54, 1.807) is 0 Å². The molecular weight excluding hydrogens is 304 g/mol. The fourth-order valence-corrected chi connectivity index (χ4v) is 4.56. The van der Waals surface area contributed by atoms with Crippen LogP contribution in [0.15, 0.2) is 6.07 Å². The molecule has 1 saturated heterocycles. The van der Waals surface area contributed by atoms with Crippen LogP contribution in [0.5, 0.6) is 0 Å². The van der Waals surface area contributed by atoms with Crippen molar-refractivity contribution in [3.63, 3.8) is 0 Å². The van der Waals surface area contributed by atoms with E-state index in [1.807, 2.05) is 6.92 Å². The van der Waals surface area contributed by atoms with E-state index in [1.165, 1.54) is 17.4 Å². The highest BCUT2D eigenvalue weighted by Crippen LogP contribution is 2.53. The largest absolute Gasteiger partial charge is 0.363 e. The summed E-state index contributed by atoms with van der Waals surface area (Å²) in [5, 5.41) is 3.26. The first-order chi connectivity index (χ1) is 9.36. The Morgan fingerprint density at radius 3 is 3.00 bits per heavy atom. The molecule has 0 saturated carbocycles. The molecule has 1 spiro atoms. The van der Waals surface area contributed by atoms with Gasteiger partial charge >= 0.3 is 0 Å². The van der Waals surface area contributed by atoms with Crippen molar-refractivity contribution in [1.29, 1.82) is 0 Å². The average Bonchev–Trinajstić information content (AvgIpc) is 2.79. The van der Waals surface area contributed by atoms with Crippen molar-refractivity contribution in [3.05, 3.63) is 20.8 Å². The molecule has 1 aromatic heterocycles. The lowest BCUT2D eigenvalue weighted by molar-refractivity contribution is -0.180. The molecule has 0 aromatic carbocycles. The van der Waals surface area contributed by atoms with Crippen LogP contribution in [0.1, 0.15) is 30.2 Å². The molecule has 3 unspecified atom stereocenters. The Kier molecular flexibility index (Phi) is 3.33. The summed E-state index contributed by atoms with van der Waals surface area (Å²) in [6.45, 7) is 1.37. The van der Waals surface area contributed by atoms with E-state index in [0.29, 0.717) is 22.1 Å². The number of rotatable bonds is 0. The standard InChI is InChI=1S/C14H14ClF2NOS/c1-3-9-6-13(5-8(2)18-9)12-10(4-11(15)20-12)14(16,17)7-19-13/h1,4,8-9,18H,5-7H2,2H3. The summed E-state index contributed by atoms with van der Waals surface area (Å²) in [5.41, 5.74) is -0.736. The van der Waals surface area contributed by atoms with Crippen LogP contribution in [-0.2, 0) is 16.3 Å². The molecule has 108 valence electrons. The second-order valence-electron chi connectivity index (χ2n) is 5.48. The van der Waals surface area contributed by atoms with Crippen LogP contribution in [0, 0.1) is 12.3 Å². The topological polar surface area (TPSA) is 21.3 Å². The lowest BCUT2D eigenvalue weighted by Crippen LogP contribution is -2.54. The molecule has 2 aliphatic heterocycles. The number of fused-ring (bicyclic) bond motifs is 2. The van der Waals surface area contributed by atoms with Crippen LogP contribution in [0.3, 0.4) is 0 Å². The number of hydrogen-bond acceptors (Lipinski definition) is 3. The van der Waals surface area contributed by atoms with Crippen molar-refractivity contribution in [2.24, 2.45) is 0 Å². The van der Waals surface area contributed by atoms with Crippen LogP contribution in [0.4, 0.5) is 8.78 Å². The Morgan fingerprint density at radius 1 is 1.55 bits per heavy atom. The normalized spacial score (nSPS) is 35.5. The molecule has 3 atom stereocenters. The first kappa shape index (κ1) is 14.3. The third kappa shape index (κ3) is 2.15. The van der Waals surface area contributed by atoms with Crippen LogP contribution in [0.2, 0.25) is 4.34 Å². The SMILES string of the molecule is C#CC1CC2(CC(C)N1)OCC(F)(F)c1cc(Cl)sc12. The quantitative estimate of drug-likeness (QED) is 0.740. The Labute approximate surface area is 125 Å². The van der Waals surface area contributed by atoms with Gasteiger partial charge in [-0.25, -0.2) is 0 Å². The maximum absolute atomic E-state index is 14.0. The van der Waals surface area contributed by atoms with Crippen molar-refractivity contribution < 1.29 is 13.5 Å². The Hall–Kier alpha value is -0.670. The second-order valence-corrected chi connectivity index (χ2v) is 7.16. The van der Waals surface area contributed by atoms with Crippen LogP contribution < -0.4 is 5.32 Å². The zero-order chi connectivity index (χ0) is 14.5. The van der Waals surface area contributed by atoms with Gasteiger partial charge in [0.1, 0.15) is 12.2 Å². The minimum absolute atomic E-state index is 0.00335. The summed E-state index contributed by atoms with van der Waals surface area (Å²) in [7, 11) is 0. The van der Waals surface area contributed by atoms with Crippen molar-refractivity contribution in [1.82, 2.24) is 5.32 Å². The number of hydrogen-bond donors (Lipinski definition) is 1. The molecule has 3 heterocycles. The number of ether oxygens (including phenoxy) is 1. The Balaban J connectivity index is 2.09. The number of nitrogens with one attached hydrogen (secondary N) is 1. The minimum Gasteiger partial charge on any atom is -0.363 e. The lowest BCUT2D eigenvalue weighted by atomic mass is 9.79. The molecule has 2 aliphatic rings. The van der Waals surface area contributed by atoms with E-state index >= 15 is 0 Å². The van der Waals surface area contributed by atoms with Gasteiger partial charge in [0, 0.05) is 22.9 Å². The molecule has 6 heteroatoms. The highest BCUT2D eigenvalue weighted by atomic mass is 35.5. The van der Waals surface area contributed by atoms with Gasteiger partial charge in [-0.1, -0.05) is 17.5 Å². The molecule has 2 nitrogen and oxygen atoms in total. The predicted octanol–water partition coefficient (Wildman–Crippen LogP) is 3.49. The van der Waals surface area contributed by atoms with Crippen molar-refractivity contribution >= 4 is 22.9 Å². The summed E-state index contributed by atoms with van der Waals surface area (Å²) < 4.78 is 34.0. The van der Waals surface area contributed by atoms with E-state index in [9.17, 15) is 8.78 Å². The van der Waals surface area contributed by atoms with Gasteiger partial charge in [0.25, 0.3) is 5.92 Å². The molecule has 0 amide bonds. The van der Waals surface area contributed by atoms with E-state index in [-0.39, 0.29) is 17.6 Å². The highest BCUT2D eigenvalue weighted by molar-refractivity contribution is 7.16. The number of terminal acetylenes is 1. The first-order valence-corrected chi connectivity index (χ1v) is 7.60. The van der Waals surface area contributed by atoms with E-state index < -0.39 is 18.1 Å². The highest BCUT2D eigenvalue weighted by Gasteiger charge is 2.53. The monoisotopic (exact) mass is 317 g/mol. The van der Waals surface area contributed by atoms with Crippen LogP contribution >= 0.6 is 22.9 Å². The van der Waals surface area contributed by atoms with Crippen molar-refractivity contribution in [2.75, 3.05) is 6.61 Å². The summed E-state index contributed by atoms with van der Waals surface area (Å²) in [4.78, 5) is 0.535. The number of halogens is 3. The molecule has 1 fully saturated rings. The second kappa shape index (κ2) is 4.67. The van der Waals surface area contributed by atoms with Gasteiger partial charge in [0.15, 0.2) is 0 Å². The van der Waals surface area contributed by atoms with E-state index in [0.717, 1.165) is 0 Å². The smallest absolute Gasteiger partial charge is 0.297 e. The molecule has 0 bridgehead atoms.